The van der Waals surface area contributed by atoms with Crippen LogP contribution in [0.1, 0.15) is 32.3 Å². The number of ether oxygens (including phenoxy) is 2. The van der Waals surface area contributed by atoms with Crippen LogP contribution in [-0.4, -0.2) is 40.2 Å². The predicted octanol–water partition coefficient (Wildman–Crippen LogP) is 2.43. The van der Waals surface area contributed by atoms with Crippen LogP contribution >= 0.6 is 0 Å². The van der Waals surface area contributed by atoms with Gasteiger partial charge in [-0.25, -0.2) is 0 Å². The first-order valence-electron chi connectivity index (χ1n) is 8.67. The van der Waals surface area contributed by atoms with Gasteiger partial charge in [0.1, 0.15) is 5.82 Å². The summed E-state index contributed by atoms with van der Waals surface area (Å²) in [7, 11) is 0. The van der Waals surface area contributed by atoms with Crippen molar-refractivity contribution in [2.24, 2.45) is 0 Å². The minimum Gasteiger partial charge on any atom is -0.475 e. The molecule has 1 fully saturated rings. The molecule has 1 aliphatic rings. The molecule has 2 N–H and O–H groups in total. The Morgan fingerprint density at radius 1 is 1.36 bits per heavy atom. The number of rotatable bonds is 6. The number of nitrogens with two attached hydrogens (primary N) is 1. The second-order valence-corrected chi connectivity index (χ2v) is 6.47. The van der Waals surface area contributed by atoms with E-state index in [0.717, 1.165) is 37.3 Å². The molecule has 1 atom stereocenters. The second-order valence-electron chi connectivity index (χ2n) is 6.47. The highest BCUT2D eigenvalue weighted by Crippen LogP contribution is 2.24. The maximum Gasteiger partial charge on any atom is 0.225 e. The standard InChI is InChI=1S/C18H25N5O2/c1-13(2)25-17-9-16(21-18(19)22-17)23-8-4-6-15(11-23)24-12-14-5-3-7-20-10-14/h3,5,7,9-10,13,15H,4,6,8,11-12H2,1-2H3,(H2,19,21,22)/t15-/m1/s1. The molecule has 0 saturated carbocycles. The van der Waals surface area contributed by atoms with Crippen LogP contribution in [0.15, 0.2) is 30.6 Å². The largest absolute Gasteiger partial charge is 0.475 e. The van der Waals surface area contributed by atoms with Crippen molar-refractivity contribution in [2.45, 2.75) is 45.5 Å². The van der Waals surface area contributed by atoms with Gasteiger partial charge >= 0.3 is 0 Å². The maximum atomic E-state index is 6.06. The first-order valence-corrected chi connectivity index (χ1v) is 8.67. The summed E-state index contributed by atoms with van der Waals surface area (Å²) in [5.41, 5.74) is 6.93. The SMILES string of the molecule is CC(C)Oc1cc(N2CCC[C@@H](OCc3cccnc3)C2)nc(N)n1. The zero-order valence-corrected chi connectivity index (χ0v) is 14.8. The van der Waals surface area contributed by atoms with Crippen LogP contribution in [0.4, 0.5) is 11.8 Å². The molecule has 0 unspecified atom stereocenters. The van der Waals surface area contributed by atoms with Crippen molar-refractivity contribution in [1.29, 1.82) is 0 Å². The first kappa shape index (κ1) is 17.4. The number of hydrogen-bond donors (Lipinski definition) is 1. The summed E-state index contributed by atoms with van der Waals surface area (Å²) in [4.78, 5) is 14.8. The summed E-state index contributed by atoms with van der Waals surface area (Å²) >= 11 is 0. The number of piperidine rings is 1. The van der Waals surface area contributed by atoms with Crippen molar-refractivity contribution in [2.75, 3.05) is 23.7 Å². The van der Waals surface area contributed by atoms with E-state index in [1.165, 1.54) is 0 Å². The fourth-order valence-electron chi connectivity index (χ4n) is 2.87. The Morgan fingerprint density at radius 3 is 3.00 bits per heavy atom. The molecule has 7 heteroatoms. The Hall–Kier alpha value is -2.41. The normalized spacial score (nSPS) is 17.7. The van der Waals surface area contributed by atoms with E-state index in [2.05, 4.69) is 19.9 Å². The van der Waals surface area contributed by atoms with E-state index in [9.17, 15) is 0 Å². The van der Waals surface area contributed by atoms with Gasteiger partial charge in [0.25, 0.3) is 0 Å². The molecule has 2 aromatic rings. The average molecular weight is 343 g/mol. The van der Waals surface area contributed by atoms with E-state index >= 15 is 0 Å². The van der Waals surface area contributed by atoms with Gasteiger partial charge in [-0.2, -0.15) is 9.97 Å². The Labute approximate surface area is 148 Å². The minimum atomic E-state index is 0.0408. The molecule has 1 aliphatic heterocycles. The van der Waals surface area contributed by atoms with E-state index in [1.807, 2.05) is 38.2 Å². The highest BCUT2D eigenvalue weighted by Gasteiger charge is 2.22. The number of anilines is 2. The zero-order valence-electron chi connectivity index (χ0n) is 14.8. The van der Waals surface area contributed by atoms with Gasteiger partial charge in [0.05, 0.1) is 18.8 Å². The quantitative estimate of drug-likeness (QED) is 0.862. The summed E-state index contributed by atoms with van der Waals surface area (Å²) in [6.07, 6.45) is 5.87. The lowest BCUT2D eigenvalue weighted by Gasteiger charge is -2.33. The second kappa shape index (κ2) is 8.11. The van der Waals surface area contributed by atoms with Gasteiger partial charge in [-0.3, -0.25) is 4.98 Å². The molecule has 7 nitrogen and oxygen atoms in total. The van der Waals surface area contributed by atoms with Crippen LogP contribution < -0.4 is 15.4 Å². The van der Waals surface area contributed by atoms with Gasteiger partial charge in [-0.1, -0.05) is 6.07 Å². The minimum absolute atomic E-state index is 0.0408. The maximum absolute atomic E-state index is 6.06. The Bertz CT molecular complexity index is 680. The number of nitrogen functional groups attached to an aromatic ring is 1. The van der Waals surface area contributed by atoms with Gasteiger partial charge in [0, 0.05) is 31.5 Å². The summed E-state index contributed by atoms with van der Waals surface area (Å²) in [5.74, 6) is 1.53. The van der Waals surface area contributed by atoms with Crippen LogP contribution in [0.25, 0.3) is 0 Å². The van der Waals surface area contributed by atoms with E-state index < -0.39 is 0 Å². The molecule has 0 amide bonds. The van der Waals surface area contributed by atoms with Gasteiger partial charge in [-0.05, 0) is 38.3 Å². The topological polar surface area (TPSA) is 86.4 Å². The Kier molecular flexibility index (Phi) is 5.65. The fourth-order valence-corrected chi connectivity index (χ4v) is 2.87. The summed E-state index contributed by atoms with van der Waals surface area (Å²) in [6, 6.07) is 5.79. The first-order chi connectivity index (χ1) is 12.1. The summed E-state index contributed by atoms with van der Waals surface area (Å²) in [6.45, 7) is 6.19. The van der Waals surface area contributed by atoms with Crippen molar-refractivity contribution in [1.82, 2.24) is 15.0 Å². The predicted molar refractivity (Wildman–Crippen MR) is 96.5 cm³/mol. The molecule has 3 rings (SSSR count). The molecule has 0 aromatic carbocycles. The van der Waals surface area contributed by atoms with Crippen LogP contribution in [0.2, 0.25) is 0 Å². The van der Waals surface area contributed by atoms with E-state index in [4.69, 9.17) is 15.2 Å². The van der Waals surface area contributed by atoms with Gasteiger partial charge < -0.3 is 20.1 Å². The van der Waals surface area contributed by atoms with Crippen LogP contribution in [0, 0.1) is 0 Å². The van der Waals surface area contributed by atoms with Crippen molar-refractivity contribution in [3.05, 3.63) is 36.2 Å². The monoisotopic (exact) mass is 343 g/mol. The molecule has 0 bridgehead atoms. The third-order valence-electron chi connectivity index (χ3n) is 3.97. The lowest BCUT2D eigenvalue weighted by atomic mass is 10.1. The van der Waals surface area contributed by atoms with E-state index in [1.54, 1.807) is 6.20 Å². The smallest absolute Gasteiger partial charge is 0.225 e. The average Bonchev–Trinajstić information content (AvgIpc) is 2.60. The van der Waals surface area contributed by atoms with Gasteiger partial charge in [-0.15, -0.1) is 0 Å². The van der Waals surface area contributed by atoms with Crippen molar-refractivity contribution in [3.8, 4) is 5.88 Å². The van der Waals surface area contributed by atoms with Crippen LogP contribution in [0.3, 0.4) is 0 Å². The Balaban J connectivity index is 1.63. The lowest BCUT2D eigenvalue weighted by molar-refractivity contribution is 0.0313. The highest BCUT2D eigenvalue weighted by molar-refractivity contribution is 5.46. The molecule has 25 heavy (non-hydrogen) atoms. The molecular formula is C18H25N5O2. The molecule has 1 saturated heterocycles. The molecular weight excluding hydrogens is 318 g/mol. The number of pyridine rings is 1. The van der Waals surface area contributed by atoms with E-state index in [-0.39, 0.29) is 18.2 Å². The van der Waals surface area contributed by atoms with Crippen molar-refractivity contribution >= 4 is 11.8 Å². The third kappa shape index (κ3) is 5.03. The molecule has 3 heterocycles. The van der Waals surface area contributed by atoms with Gasteiger partial charge in [0.2, 0.25) is 11.8 Å². The van der Waals surface area contributed by atoms with Crippen molar-refractivity contribution in [3.63, 3.8) is 0 Å². The van der Waals surface area contributed by atoms with Gasteiger partial charge in [0.15, 0.2) is 0 Å². The van der Waals surface area contributed by atoms with Crippen molar-refractivity contribution < 1.29 is 9.47 Å². The van der Waals surface area contributed by atoms with Crippen LogP contribution in [-0.2, 0) is 11.3 Å². The van der Waals surface area contributed by atoms with Crippen LogP contribution in [0.5, 0.6) is 5.88 Å². The summed E-state index contributed by atoms with van der Waals surface area (Å²) in [5, 5.41) is 0. The highest BCUT2D eigenvalue weighted by atomic mass is 16.5. The number of nitrogens with zero attached hydrogens (tertiary/aromatic N) is 4. The summed E-state index contributed by atoms with van der Waals surface area (Å²) < 4.78 is 11.7. The van der Waals surface area contributed by atoms with E-state index in [0.29, 0.717) is 12.5 Å². The Morgan fingerprint density at radius 2 is 2.24 bits per heavy atom. The molecule has 0 spiro atoms. The number of hydrogen-bond acceptors (Lipinski definition) is 7. The third-order valence-corrected chi connectivity index (χ3v) is 3.97. The molecule has 134 valence electrons. The molecule has 0 radical (unpaired) electrons. The molecule has 2 aromatic heterocycles. The fraction of sp³-hybridized carbons (Fsp3) is 0.500. The zero-order chi connectivity index (χ0) is 17.6. The number of aromatic nitrogens is 3. The lowest BCUT2D eigenvalue weighted by Crippen LogP contribution is -2.40. The molecule has 0 aliphatic carbocycles.